The van der Waals surface area contributed by atoms with Crippen LogP contribution in [0.5, 0.6) is 5.75 Å². The second-order valence-corrected chi connectivity index (χ2v) is 6.59. The van der Waals surface area contributed by atoms with Gasteiger partial charge in [-0.15, -0.1) is 0 Å². The Morgan fingerprint density at radius 1 is 1.11 bits per heavy atom. The van der Waals surface area contributed by atoms with E-state index >= 15 is 0 Å². The van der Waals surface area contributed by atoms with Crippen molar-refractivity contribution < 1.29 is 9.53 Å². The Kier molecular flexibility index (Phi) is 5.62. The van der Waals surface area contributed by atoms with Crippen LogP contribution in [0, 0.1) is 13.8 Å². The van der Waals surface area contributed by atoms with Gasteiger partial charge in [0.15, 0.2) is 0 Å². The Balaban J connectivity index is 1.82. The summed E-state index contributed by atoms with van der Waals surface area (Å²) in [5.74, 6) is 0.425. The van der Waals surface area contributed by atoms with Gasteiger partial charge in [-0.2, -0.15) is 0 Å². The number of anilines is 3. The van der Waals surface area contributed by atoms with Gasteiger partial charge in [-0.1, -0.05) is 29.8 Å². The monoisotopic (exact) mass is 381 g/mol. The van der Waals surface area contributed by atoms with E-state index in [1.54, 1.807) is 19.4 Å². The normalized spacial score (nSPS) is 10.4. The molecule has 0 unspecified atom stereocenters. The van der Waals surface area contributed by atoms with Gasteiger partial charge in [0, 0.05) is 6.20 Å². The number of hydrogen-bond acceptors (Lipinski definition) is 4. The molecule has 2 aromatic carbocycles. The van der Waals surface area contributed by atoms with E-state index in [2.05, 4.69) is 15.6 Å². The number of halogens is 1. The number of amides is 1. The number of nitrogens with one attached hydrogen (secondary N) is 2. The van der Waals surface area contributed by atoms with Gasteiger partial charge in [-0.3, -0.25) is 9.78 Å². The third kappa shape index (κ3) is 4.38. The van der Waals surface area contributed by atoms with Crippen LogP contribution in [0.15, 0.2) is 54.9 Å². The third-order valence-corrected chi connectivity index (χ3v) is 4.35. The van der Waals surface area contributed by atoms with Gasteiger partial charge in [0.05, 0.1) is 41.0 Å². The summed E-state index contributed by atoms with van der Waals surface area (Å²) in [5.41, 5.74) is 4.45. The number of rotatable bonds is 5. The van der Waals surface area contributed by atoms with Crippen molar-refractivity contribution in [3.8, 4) is 5.75 Å². The minimum atomic E-state index is -0.278. The molecule has 0 atom stereocenters. The number of carbonyl (C=O) groups excluding carboxylic acids is 1. The van der Waals surface area contributed by atoms with Crippen LogP contribution in [0.25, 0.3) is 0 Å². The van der Waals surface area contributed by atoms with Gasteiger partial charge in [-0.25, -0.2) is 0 Å². The molecule has 0 spiro atoms. The van der Waals surface area contributed by atoms with Crippen LogP contribution in [-0.4, -0.2) is 18.0 Å². The molecule has 3 aromatic rings. The van der Waals surface area contributed by atoms with Crippen LogP contribution in [0.4, 0.5) is 17.1 Å². The van der Waals surface area contributed by atoms with E-state index in [4.69, 9.17) is 16.3 Å². The molecular weight excluding hydrogens is 362 g/mol. The van der Waals surface area contributed by atoms with Gasteiger partial charge >= 0.3 is 0 Å². The molecule has 0 saturated heterocycles. The number of carbonyl (C=O) groups is 1. The fraction of sp³-hybridized carbons (Fsp3) is 0.143. The fourth-order valence-electron chi connectivity index (χ4n) is 2.80. The lowest BCUT2D eigenvalue weighted by molar-refractivity contribution is 0.102. The molecule has 1 aromatic heterocycles. The Hall–Kier alpha value is -3.05. The molecule has 3 rings (SSSR count). The van der Waals surface area contributed by atoms with Crippen LogP contribution in [-0.2, 0) is 0 Å². The zero-order valence-corrected chi connectivity index (χ0v) is 16.1. The predicted octanol–water partition coefficient (Wildman–Crippen LogP) is 5.36. The molecule has 0 fully saturated rings. The molecule has 27 heavy (non-hydrogen) atoms. The highest BCUT2D eigenvalue weighted by Gasteiger charge is 2.13. The average molecular weight is 382 g/mol. The molecule has 1 heterocycles. The van der Waals surface area contributed by atoms with Gasteiger partial charge in [0.25, 0.3) is 5.91 Å². The van der Waals surface area contributed by atoms with Crippen molar-refractivity contribution >= 4 is 34.6 Å². The summed E-state index contributed by atoms with van der Waals surface area (Å²) in [5, 5.41) is 6.60. The highest BCUT2D eigenvalue weighted by molar-refractivity contribution is 6.34. The number of aryl methyl sites for hydroxylation is 2. The average Bonchev–Trinajstić information content (AvgIpc) is 2.65. The van der Waals surface area contributed by atoms with Crippen molar-refractivity contribution in [2.75, 3.05) is 17.7 Å². The van der Waals surface area contributed by atoms with Gasteiger partial charge < -0.3 is 15.4 Å². The van der Waals surface area contributed by atoms with Crippen LogP contribution in [0.2, 0.25) is 5.02 Å². The van der Waals surface area contributed by atoms with Gasteiger partial charge in [-0.05, 0) is 49.2 Å². The Labute approximate surface area is 163 Å². The first-order chi connectivity index (χ1) is 13.0. The Morgan fingerprint density at radius 3 is 2.63 bits per heavy atom. The highest BCUT2D eigenvalue weighted by atomic mass is 35.5. The van der Waals surface area contributed by atoms with E-state index in [9.17, 15) is 4.79 Å². The smallest absolute Gasteiger partial charge is 0.257 e. The summed E-state index contributed by atoms with van der Waals surface area (Å²) in [6.45, 7) is 3.87. The quantitative estimate of drug-likeness (QED) is 0.624. The minimum absolute atomic E-state index is 0.278. The first-order valence-electron chi connectivity index (χ1n) is 8.41. The summed E-state index contributed by atoms with van der Waals surface area (Å²) in [6.07, 6.45) is 3.16. The molecular formula is C21H20ClN3O2. The number of pyridine rings is 1. The van der Waals surface area contributed by atoms with Crippen molar-refractivity contribution in [2.45, 2.75) is 13.8 Å². The maximum absolute atomic E-state index is 12.7. The number of hydrogen-bond donors (Lipinski definition) is 2. The number of nitrogens with zero attached hydrogens (tertiary/aromatic N) is 1. The molecule has 0 radical (unpaired) electrons. The first-order valence-corrected chi connectivity index (χ1v) is 8.79. The van der Waals surface area contributed by atoms with Crippen molar-refractivity contribution in [1.82, 2.24) is 4.98 Å². The van der Waals surface area contributed by atoms with E-state index in [1.165, 1.54) is 6.20 Å². The van der Waals surface area contributed by atoms with Crippen molar-refractivity contribution in [2.24, 2.45) is 0 Å². The molecule has 6 heteroatoms. The number of aromatic nitrogens is 1. The standard InChI is InChI=1S/C21H20ClN3O2/c1-13-8-14(2)20(17(22)9-13)25-21(26)15-10-16(12-23-11-15)24-18-6-4-5-7-19(18)27-3/h4-12,24H,1-3H3,(H,25,26). The minimum Gasteiger partial charge on any atom is -0.495 e. The third-order valence-electron chi connectivity index (χ3n) is 4.06. The summed E-state index contributed by atoms with van der Waals surface area (Å²) < 4.78 is 5.33. The lowest BCUT2D eigenvalue weighted by atomic mass is 10.1. The lowest BCUT2D eigenvalue weighted by Crippen LogP contribution is -2.14. The Morgan fingerprint density at radius 2 is 1.89 bits per heavy atom. The molecule has 2 N–H and O–H groups in total. The van der Waals surface area contributed by atoms with Crippen molar-refractivity contribution in [3.05, 3.63) is 76.6 Å². The number of benzene rings is 2. The number of methoxy groups -OCH3 is 1. The predicted molar refractivity (Wildman–Crippen MR) is 109 cm³/mol. The topological polar surface area (TPSA) is 63.2 Å². The van der Waals surface area contributed by atoms with Crippen LogP contribution >= 0.6 is 11.6 Å². The van der Waals surface area contributed by atoms with E-state index < -0.39 is 0 Å². The van der Waals surface area contributed by atoms with Crippen molar-refractivity contribution in [1.29, 1.82) is 0 Å². The van der Waals surface area contributed by atoms with E-state index in [1.807, 2.05) is 50.2 Å². The molecule has 5 nitrogen and oxygen atoms in total. The summed E-state index contributed by atoms with van der Waals surface area (Å²) in [7, 11) is 1.61. The van der Waals surface area contributed by atoms with Gasteiger partial charge in [0.1, 0.15) is 5.75 Å². The Bertz CT molecular complexity index is 966. The lowest BCUT2D eigenvalue weighted by Gasteiger charge is -2.13. The van der Waals surface area contributed by atoms with E-state index in [0.717, 1.165) is 16.8 Å². The van der Waals surface area contributed by atoms with Crippen LogP contribution in [0.1, 0.15) is 21.5 Å². The van der Waals surface area contributed by atoms with E-state index in [-0.39, 0.29) is 5.91 Å². The summed E-state index contributed by atoms with van der Waals surface area (Å²) >= 11 is 6.28. The fourth-order valence-corrected chi connectivity index (χ4v) is 3.16. The zero-order valence-electron chi connectivity index (χ0n) is 15.3. The summed E-state index contributed by atoms with van der Waals surface area (Å²) in [4.78, 5) is 16.8. The summed E-state index contributed by atoms with van der Waals surface area (Å²) in [6, 6.07) is 13.1. The van der Waals surface area contributed by atoms with Gasteiger partial charge in [0.2, 0.25) is 0 Å². The zero-order chi connectivity index (χ0) is 19.4. The number of ether oxygens (including phenoxy) is 1. The molecule has 0 aliphatic carbocycles. The second kappa shape index (κ2) is 8.10. The molecule has 0 bridgehead atoms. The molecule has 0 aliphatic rings. The maximum Gasteiger partial charge on any atom is 0.257 e. The molecule has 0 saturated carbocycles. The SMILES string of the molecule is COc1ccccc1Nc1cncc(C(=O)Nc2c(C)cc(C)cc2Cl)c1. The van der Waals surface area contributed by atoms with E-state index in [0.29, 0.717) is 27.7 Å². The highest BCUT2D eigenvalue weighted by Crippen LogP contribution is 2.29. The maximum atomic E-state index is 12.7. The molecule has 0 aliphatic heterocycles. The van der Waals surface area contributed by atoms with Crippen LogP contribution in [0.3, 0.4) is 0 Å². The largest absolute Gasteiger partial charge is 0.495 e. The molecule has 138 valence electrons. The van der Waals surface area contributed by atoms with Crippen LogP contribution < -0.4 is 15.4 Å². The molecule has 1 amide bonds. The second-order valence-electron chi connectivity index (χ2n) is 6.18. The van der Waals surface area contributed by atoms with Crippen molar-refractivity contribution in [3.63, 3.8) is 0 Å². The first kappa shape index (κ1) is 18.7. The number of para-hydroxylation sites is 2.